The zero-order valence-corrected chi connectivity index (χ0v) is 15.8. The lowest BCUT2D eigenvalue weighted by Gasteiger charge is -2.29. The van der Waals surface area contributed by atoms with Gasteiger partial charge in [0.1, 0.15) is 0 Å². The molecule has 1 N–H and O–H groups in total. The van der Waals surface area contributed by atoms with Gasteiger partial charge in [0.2, 0.25) is 11.9 Å². The number of morpholine rings is 1. The van der Waals surface area contributed by atoms with Gasteiger partial charge < -0.3 is 15.0 Å². The van der Waals surface area contributed by atoms with Crippen molar-refractivity contribution in [1.82, 2.24) is 9.97 Å². The van der Waals surface area contributed by atoms with Crippen LogP contribution in [0.5, 0.6) is 0 Å². The highest BCUT2D eigenvalue weighted by Crippen LogP contribution is 2.27. The molecule has 6 nitrogen and oxygen atoms in total. The molecule has 27 heavy (non-hydrogen) atoms. The maximum absolute atomic E-state index is 12.8. The van der Waals surface area contributed by atoms with Crippen LogP contribution in [0.15, 0.2) is 30.5 Å². The van der Waals surface area contributed by atoms with Gasteiger partial charge in [0.05, 0.1) is 13.2 Å². The molecule has 6 heteroatoms. The van der Waals surface area contributed by atoms with E-state index in [1.807, 2.05) is 24.4 Å². The molecule has 0 spiro atoms. The third-order valence-electron chi connectivity index (χ3n) is 5.46. The molecule has 2 heterocycles. The summed E-state index contributed by atoms with van der Waals surface area (Å²) >= 11 is 0. The first-order valence-corrected chi connectivity index (χ1v) is 9.81. The van der Waals surface area contributed by atoms with Gasteiger partial charge in [0.25, 0.3) is 0 Å². The summed E-state index contributed by atoms with van der Waals surface area (Å²) in [6, 6.07) is 8.01. The Bertz CT molecular complexity index is 818. The lowest BCUT2D eigenvalue weighted by Crippen LogP contribution is -2.38. The zero-order valence-electron chi connectivity index (χ0n) is 15.8. The maximum atomic E-state index is 12.8. The number of ether oxygens (including phenoxy) is 1. The Morgan fingerprint density at radius 2 is 2.11 bits per heavy atom. The number of anilines is 2. The van der Waals surface area contributed by atoms with Crippen LogP contribution in [-0.4, -0.2) is 42.2 Å². The number of benzene rings is 1. The molecule has 0 radical (unpaired) electrons. The molecule has 1 amide bonds. The summed E-state index contributed by atoms with van der Waals surface area (Å²) in [6.07, 6.45) is 5.17. The van der Waals surface area contributed by atoms with Gasteiger partial charge in [-0.2, -0.15) is 0 Å². The summed E-state index contributed by atoms with van der Waals surface area (Å²) in [6.45, 7) is 5.22. The molecular weight excluding hydrogens is 340 g/mol. The number of hydrogen-bond donors (Lipinski definition) is 1. The van der Waals surface area contributed by atoms with Crippen molar-refractivity contribution in [3.8, 4) is 0 Å². The Hall–Kier alpha value is -2.47. The summed E-state index contributed by atoms with van der Waals surface area (Å²) < 4.78 is 5.40. The molecule has 1 aromatic heterocycles. The van der Waals surface area contributed by atoms with Gasteiger partial charge in [0.15, 0.2) is 0 Å². The minimum Gasteiger partial charge on any atom is -0.378 e. The molecule has 2 aliphatic rings. The average Bonchev–Trinajstić information content (AvgIpc) is 2.74. The second-order valence-electron chi connectivity index (χ2n) is 7.18. The second kappa shape index (κ2) is 8.05. The third-order valence-corrected chi connectivity index (χ3v) is 5.46. The number of amides is 1. The fourth-order valence-electron chi connectivity index (χ4n) is 3.82. The van der Waals surface area contributed by atoms with Gasteiger partial charge in [0, 0.05) is 36.6 Å². The van der Waals surface area contributed by atoms with Crippen LogP contribution in [0.4, 0.5) is 11.6 Å². The summed E-state index contributed by atoms with van der Waals surface area (Å²) in [5.74, 6) is 0.857. The van der Waals surface area contributed by atoms with Crippen molar-refractivity contribution in [2.75, 3.05) is 36.5 Å². The van der Waals surface area contributed by atoms with E-state index >= 15 is 0 Å². The quantitative estimate of drug-likeness (QED) is 0.901. The van der Waals surface area contributed by atoms with Crippen molar-refractivity contribution in [3.05, 3.63) is 47.3 Å². The van der Waals surface area contributed by atoms with E-state index in [9.17, 15) is 4.79 Å². The molecule has 1 unspecified atom stereocenters. The van der Waals surface area contributed by atoms with E-state index in [0.717, 1.165) is 68.5 Å². The lowest BCUT2D eigenvalue weighted by atomic mass is 9.86. The van der Waals surface area contributed by atoms with Gasteiger partial charge in [-0.15, -0.1) is 0 Å². The number of fused-ring (bicyclic) bond motifs is 1. The predicted molar refractivity (Wildman–Crippen MR) is 105 cm³/mol. The largest absolute Gasteiger partial charge is 0.378 e. The number of carbonyl (C=O) groups excluding carboxylic acids is 1. The summed E-state index contributed by atoms with van der Waals surface area (Å²) in [7, 11) is 0. The highest BCUT2D eigenvalue weighted by Gasteiger charge is 2.27. The van der Waals surface area contributed by atoms with Crippen LogP contribution in [0.3, 0.4) is 0 Å². The lowest BCUT2D eigenvalue weighted by molar-refractivity contribution is -0.120. The van der Waals surface area contributed by atoms with Crippen LogP contribution in [0, 0.1) is 5.92 Å². The number of hydrogen-bond acceptors (Lipinski definition) is 5. The highest BCUT2D eigenvalue weighted by atomic mass is 16.5. The minimum atomic E-state index is -0.0275. The van der Waals surface area contributed by atoms with E-state index in [0.29, 0.717) is 6.42 Å². The normalized spacial score (nSPS) is 19.4. The van der Waals surface area contributed by atoms with Crippen molar-refractivity contribution < 1.29 is 9.53 Å². The predicted octanol–water partition coefficient (Wildman–Crippen LogP) is 2.62. The van der Waals surface area contributed by atoms with E-state index in [1.165, 1.54) is 5.56 Å². The Balaban J connectivity index is 1.44. The molecule has 1 fully saturated rings. The minimum absolute atomic E-state index is 0.0275. The van der Waals surface area contributed by atoms with Crippen LogP contribution >= 0.6 is 0 Å². The number of nitrogens with zero attached hydrogens (tertiary/aromatic N) is 3. The van der Waals surface area contributed by atoms with Crippen LogP contribution in [-0.2, 0) is 28.8 Å². The molecule has 1 aromatic carbocycles. The number of aromatic nitrogens is 2. The second-order valence-corrected chi connectivity index (χ2v) is 7.18. The van der Waals surface area contributed by atoms with Crippen LogP contribution < -0.4 is 10.2 Å². The van der Waals surface area contributed by atoms with Gasteiger partial charge in [-0.3, -0.25) is 4.79 Å². The third kappa shape index (κ3) is 3.95. The van der Waals surface area contributed by atoms with Crippen molar-refractivity contribution in [2.24, 2.45) is 5.92 Å². The van der Waals surface area contributed by atoms with Crippen molar-refractivity contribution in [1.29, 1.82) is 0 Å². The molecule has 4 rings (SSSR count). The Morgan fingerprint density at radius 3 is 2.93 bits per heavy atom. The van der Waals surface area contributed by atoms with Crippen LogP contribution in [0.1, 0.15) is 30.2 Å². The maximum Gasteiger partial charge on any atom is 0.227 e. The number of carbonyl (C=O) groups is 1. The topological polar surface area (TPSA) is 67.4 Å². The van der Waals surface area contributed by atoms with Gasteiger partial charge in [-0.1, -0.05) is 25.1 Å². The molecule has 0 bridgehead atoms. The first-order valence-electron chi connectivity index (χ1n) is 9.81. The Labute approximate surface area is 160 Å². The van der Waals surface area contributed by atoms with Crippen LogP contribution in [0.25, 0.3) is 0 Å². The number of nitrogens with one attached hydrogen (secondary N) is 1. The van der Waals surface area contributed by atoms with E-state index < -0.39 is 0 Å². The Morgan fingerprint density at radius 1 is 1.30 bits per heavy atom. The standard InChI is InChI=1S/C21H26N4O2/c1-2-15-5-3-4-6-18(15)23-20(26)16-7-8-19-17(13-16)14-22-21(24-19)25-9-11-27-12-10-25/h3-6,14,16H,2,7-13H2,1H3,(H,23,26). The van der Waals surface area contributed by atoms with Gasteiger partial charge >= 0.3 is 0 Å². The Kier molecular flexibility index (Phi) is 5.34. The molecule has 0 saturated carbocycles. The fraction of sp³-hybridized carbons (Fsp3) is 0.476. The van der Waals surface area contributed by atoms with Crippen molar-refractivity contribution in [2.45, 2.75) is 32.6 Å². The van der Waals surface area contributed by atoms with Crippen LogP contribution in [0.2, 0.25) is 0 Å². The number of para-hydroxylation sites is 1. The molecular formula is C21H26N4O2. The first kappa shape index (κ1) is 17.9. The summed E-state index contributed by atoms with van der Waals surface area (Å²) in [4.78, 5) is 24.3. The van der Waals surface area contributed by atoms with E-state index in [4.69, 9.17) is 9.72 Å². The molecule has 1 aliphatic carbocycles. The smallest absolute Gasteiger partial charge is 0.227 e. The summed E-state index contributed by atoms with van der Waals surface area (Å²) in [5, 5.41) is 3.12. The zero-order chi connectivity index (χ0) is 18.6. The fourth-order valence-corrected chi connectivity index (χ4v) is 3.82. The van der Waals surface area contributed by atoms with Gasteiger partial charge in [-0.25, -0.2) is 9.97 Å². The van der Waals surface area contributed by atoms with Crippen molar-refractivity contribution >= 4 is 17.5 Å². The number of aryl methyl sites for hydroxylation is 2. The SMILES string of the molecule is CCc1ccccc1NC(=O)C1CCc2nc(N3CCOCC3)ncc2C1. The molecule has 1 saturated heterocycles. The van der Waals surface area contributed by atoms with E-state index in [-0.39, 0.29) is 11.8 Å². The molecule has 1 atom stereocenters. The molecule has 1 aliphatic heterocycles. The van der Waals surface area contributed by atoms with Crippen molar-refractivity contribution in [3.63, 3.8) is 0 Å². The van der Waals surface area contributed by atoms with E-state index in [2.05, 4.69) is 28.2 Å². The first-order chi connectivity index (χ1) is 13.2. The average molecular weight is 366 g/mol. The molecule has 142 valence electrons. The van der Waals surface area contributed by atoms with Gasteiger partial charge in [-0.05, 0) is 42.9 Å². The monoisotopic (exact) mass is 366 g/mol. The highest BCUT2D eigenvalue weighted by molar-refractivity contribution is 5.93. The molecule has 2 aromatic rings. The summed E-state index contributed by atoms with van der Waals surface area (Å²) in [5.41, 5.74) is 4.28. The van der Waals surface area contributed by atoms with E-state index in [1.54, 1.807) is 0 Å². The number of rotatable bonds is 4.